The predicted octanol–water partition coefficient (Wildman–Crippen LogP) is 2.64. The third kappa shape index (κ3) is 2.50. The highest BCUT2D eigenvalue weighted by Crippen LogP contribution is 2.25. The minimum atomic E-state index is 0.134. The molecule has 0 amide bonds. The Kier molecular flexibility index (Phi) is 3.28. The molecule has 0 N–H and O–H groups in total. The average Bonchev–Trinajstić information content (AvgIpc) is 2.89. The quantitative estimate of drug-likeness (QED) is 0.777. The van der Waals surface area contributed by atoms with Gasteiger partial charge in [0.15, 0.2) is 5.78 Å². The van der Waals surface area contributed by atoms with Gasteiger partial charge in [0.05, 0.1) is 0 Å². The maximum absolute atomic E-state index is 11.3. The molecule has 0 aromatic heterocycles. The van der Waals surface area contributed by atoms with Gasteiger partial charge in [-0.15, -0.1) is 0 Å². The molecule has 1 fully saturated rings. The number of carbonyl (C=O) groups excluding carboxylic acids is 1. The summed E-state index contributed by atoms with van der Waals surface area (Å²) in [5.41, 5.74) is 2.07. The summed E-state index contributed by atoms with van der Waals surface area (Å²) in [4.78, 5) is 16.2. The molecule has 2 aliphatic heterocycles. The van der Waals surface area contributed by atoms with Gasteiger partial charge < -0.3 is 9.80 Å². The van der Waals surface area contributed by atoms with Gasteiger partial charge in [0, 0.05) is 31.7 Å². The van der Waals surface area contributed by atoms with E-state index in [-0.39, 0.29) is 5.78 Å². The minimum Gasteiger partial charge on any atom is -0.358 e. The number of hydrogen-bond donors (Lipinski definition) is 0. The van der Waals surface area contributed by atoms with E-state index in [1.165, 1.54) is 37.3 Å². The largest absolute Gasteiger partial charge is 0.358 e. The summed E-state index contributed by atoms with van der Waals surface area (Å²) in [7, 11) is 0. The number of carbonyl (C=O) groups is 1. The Labute approximate surface area is 114 Å². The lowest BCUT2D eigenvalue weighted by Crippen LogP contribution is -2.39. The molecule has 3 rings (SSSR count). The molecule has 19 heavy (non-hydrogen) atoms. The SMILES string of the molecule is CC(=O)c1ccc(CN2CCCN3CCC=C32)cc1. The van der Waals surface area contributed by atoms with Crippen LogP contribution in [0.5, 0.6) is 0 Å². The Hall–Kier alpha value is -1.77. The van der Waals surface area contributed by atoms with Gasteiger partial charge in [0.25, 0.3) is 0 Å². The van der Waals surface area contributed by atoms with Crippen molar-refractivity contribution in [3.63, 3.8) is 0 Å². The fourth-order valence-corrected chi connectivity index (χ4v) is 2.94. The summed E-state index contributed by atoms with van der Waals surface area (Å²) in [6.07, 6.45) is 4.76. The molecule has 3 nitrogen and oxygen atoms in total. The lowest BCUT2D eigenvalue weighted by atomic mass is 10.1. The first-order valence-corrected chi connectivity index (χ1v) is 7.04. The van der Waals surface area contributed by atoms with Crippen molar-refractivity contribution in [2.75, 3.05) is 19.6 Å². The highest BCUT2D eigenvalue weighted by Gasteiger charge is 2.24. The summed E-state index contributed by atoms with van der Waals surface area (Å²) in [6, 6.07) is 8.02. The van der Waals surface area contributed by atoms with Gasteiger partial charge in [-0.2, -0.15) is 0 Å². The van der Waals surface area contributed by atoms with Crippen molar-refractivity contribution in [1.29, 1.82) is 0 Å². The topological polar surface area (TPSA) is 23.6 Å². The van der Waals surface area contributed by atoms with Gasteiger partial charge in [-0.25, -0.2) is 0 Å². The van der Waals surface area contributed by atoms with Crippen molar-refractivity contribution in [2.24, 2.45) is 0 Å². The average molecular weight is 256 g/mol. The van der Waals surface area contributed by atoms with Gasteiger partial charge in [-0.1, -0.05) is 24.3 Å². The van der Waals surface area contributed by atoms with Crippen LogP contribution < -0.4 is 0 Å². The van der Waals surface area contributed by atoms with E-state index in [9.17, 15) is 4.79 Å². The van der Waals surface area contributed by atoms with Crippen LogP contribution in [0.2, 0.25) is 0 Å². The van der Waals surface area contributed by atoms with E-state index in [1.807, 2.05) is 12.1 Å². The van der Waals surface area contributed by atoms with Crippen molar-refractivity contribution >= 4 is 5.78 Å². The molecule has 2 aliphatic rings. The van der Waals surface area contributed by atoms with Crippen molar-refractivity contribution in [3.8, 4) is 0 Å². The molecular weight excluding hydrogens is 236 g/mol. The van der Waals surface area contributed by atoms with Crippen LogP contribution in [0.15, 0.2) is 36.2 Å². The number of fused-ring (bicyclic) bond motifs is 1. The summed E-state index contributed by atoms with van der Waals surface area (Å²) >= 11 is 0. The molecule has 1 aromatic carbocycles. The van der Waals surface area contributed by atoms with E-state index in [0.29, 0.717) is 0 Å². The molecule has 1 saturated heterocycles. The molecule has 0 aliphatic carbocycles. The number of benzene rings is 1. The Morgan fingerprint density at radius 2 is 1.95 bits per heavy atom. The zero-order chi connectivity index (χ0) is 13.2. The standard InChI is InChI=1S/C16H20N2O/c1-13(19)15-7-5-14(6-8-15)12-18-11-3-10-17-9-2-4-16(17)18/h4-8H,2-3,9-12H2,1H3. The van der Waals surface area contributed by atoms with E-state index in [1.54, 1.807) is 6.92 Å². The number of nitrogens with zero attached hydrogens (tertiary/aromatic N) is 2. The number of ketones is 1. The highest BCUT2D eigenvalue weighted by atomic mass is 16.1. The summed E-state index contributed by atoms with van der Waals surface area (Å²) in [5.74, 6) is 1.54. The predicted molar refractivity (Wildman–Crippen MR) is 75.7 cm³/mol. The van der Waals surface area contributed by atoms with E-state index in [4.69, 9.17) is 0 Å². The molecular formula is C16H20N2O. The van der Waals surface area contributed by atoms with Gasteiger partial charge >= 0.3 is 0 Å². The zero-order valence-corrected chi connectivity index (χ0v) is 11.4. The number of Topliss-reactive ketones (excluding diaryl/α,β-unsaturated/α-hetero) is 1. The molecule has 0 atom stereocenters. The second-order valence-corrected chi connectivity index (χ2v) is 5.37. The van der Waals surface area contributed by atoms with Crippen LogP contribution in [0.4, 0.5) is 0 Å². The van der Waals surface area contributed by atoms with Crippen LogP contribution in [-0.2, 0) is 6.54 Å². The van der Waals surface area contributed by atoms with Crippen molar-refractivity contribution in [1.82, 2.24) is 9.80 Å². The molecule has 100 valence electrons. The van der Waals surface area contributed by atoms with Crippen LogP contribution >= 0.6 is 0 Å². The van der Waals surface area contributed by atoms with Gasteiger partial charge in [0.2, 0.25) is 0 Å². The first kappa shape index (κ1) is 12.3. The van der Waals surface area contributed by atoms with Crippen LogP contribution in [0.1, 0.15) is 35.7 Å². The first-order chi connectivity index (χ1) is 9.24. The Morgan fingerprint density at radius 1 is 1.16 bits per heavy atom. The highest BCUT2D eigenvalue weighted by molar-refractivity contribution is 5.93. The van der Waals surface area contributed by atoms with E-state index in [2.05, 4.69) is 28.0 Å². The van der Waals surface area contributed by atoms with E-state index in [0.717, 1.165) is 18.7 Å². The van der Waals surface area contributed by atoms with Crippen molar-refractivity contribution < 1.29 is 4.79 Å². The van der Waals surface area contributed by atoms with Crippen LogP contribution in [0.3, 0.4) is 0 Å². The molecule has 1 aromatic rings. The van der Waals surface area contributed by atoms with Gasteiger partial charge in [-0.05, 0) is 31.4 Å². The third-order valence-electron chi connectivity index (χ3n) is 3.96. The second kappa shape index (κ2) is 5.08. The maximum Gasteiger partial charge on any atom is 0.159 e. The first-order valence-electron chi connectivity index (χ1n) is 7.04. The summed E-state index contributed by atoms with van der Waals surface area (Å²) < 4.78 is 0. The second-order valence-electron chi connectivity index (χ2n) is 5.37. The van der Waals surface area contributed by atoms with Crippen LogP contribution in [0, 0.1) is 0 Å². The van der Waals surface area contributed by atoms with Gasteiger partial charge in [-0.3, -0.25) is 4.79 Å². The lowest BCUT2D eigenvalue weighted by Gasteiger charge is -2.38. The molecule has 2 heterocycles. The monoisotopic (exact) mass is 256 g/mol. The van der Waals surface area contributed by atoms with E-state index < -0.39 is 0 Å². The summed E-state index contributed by atoms with van der Waals surface area (Å²) in [5, 5.41) is 0. The molecule has 0 unspecified atom stereocenters. The molecule has 0 bridgehead atoms. The third-order valence-corrected chi connectivity index (χ3v) is 3.96. The molecule has 0 saturated carbocycles. The number of rotatable bonds is 3. The van der Waals surface area contributed by atoms with Gasteiger partial charge in [0.1, 0.15) is 5.82 Å². The fraction of sp³-hybridized carbons (Fsp3) is 0.438. The van der Waals surface area contributed by atoms with E-state index >= 15 is 0 Å². The zero-order valence-electron chi connectivity index (χ0n) is 11.4. The van der Waals surface area contributed by atoms with Crippen molar-refractivity contribution in [3.05, 3.63) is 47.3 Å². The molecule has 0 spiro atoms. The maximum atomic E-state index is 11.3. The minimum absolute atomic E-state index is 0.134. The van der Waals surface area contributed by atoms with Crippen LogP contribution in [0.25, 0.3) is 0 Å². The normalized spacial score (nSPS) is 18.3. The Morgan fingerprint density at radius 3 is 2.68 bits per heavy atom. The Bertz CT molecular complexity index is 504. The summed E-state index contributed by atoms with van der Waals surface area (Å²) in [6.45, 7) is 6.07. The van der Waals surface area contributed by atoms with Crippen molar-refractivity contribution in [2.45, 2.75) is 26.3 Å². The lowest BCUT2D eigenvalue weighted by molar-refractivity contribution is 0.101. The fourth-order valence-electron chi connectivity index (χ4n) is 2.94. The smallest absolute Gasteiger partial charge is 0.159 e. The van der Waals surface area contributed by atoms with Crippen LogP contribution in [-0.4, -0.2) is 35.2 Å². The molecule has 3 heteroatoms. The Balaban J connectivity index is 1.72. The number of hydrogen-bond acceptors (Lipinski definition) is 3. The molecule has 0 radical (unpaired) electrons.